The van der Waals surface area contributed by atoms with E-state index < -0.39 is 0 Å². The van der Waals surface area contributed by atoms with Gasteiger partial charge in [0.15, 0.2) is 0 Å². The molecule has 17 heavy (non-hydrogen) atoms. The molecule has 1 aromatic rings. The van der Waals surface area contributed by atoms with Gasteiger partial charge in [-0.05, 0) is 19.8 Å². The highest BCUT2D eigenvalue weighted by atomic mass is 16.5. The first-order valence-electron chi connectivity index (χ1n) is 6.21. The van der Waals surface area contributed by atoms with Crippen molar-refractivity contribution >= 4 is 5.95 Å². The fourth-order valence-corrected chi connectivity index (χ4v) is 2.07. The molecule has 1 aromatic heterocycles. The average Bonchev–Trinajstić information content (AvgIpc) is 2.40. The second-order valence-electron chi connectivity index (χ2n) is 4.24. The van der Waals surface area contributed by atoms with Crippen LogP contribution in [0.25, 0.3) is 0 Å². The summed E-state index contributed by atoms with van der Waals surface area (Å²) in [7, 11) is 0. The number of hydrogen-bond acceptors (Lipinski definition) is 5. The lowest BCUT2D eigenvalue weighted by Gasteiger charge is -2.31. The minimum Gasteiger partial charge on any atom is -0.378 e. The Balaban J connectivity index is 1.91. The van der Waals surface area contributed by atoms with Gasteiger partial charge >= 0.3 is 0 Å². The van der Waals surface area contributed by atoms with E-state index in [1.54, 1.807) is 12.4 Å². The van der Waals surface area contributed by atoms with Gasteiger partial charge < -0.3 is 15.4 Å². The summed E-state index contributed by atoms with van der Waals surface area (Å²) in [5.74, 6) is 0.803. The average molecular weight is 236 g/mol. The van der Waals surface area contributed by atoms with Crippen molar-refractivity contribution in [3.63, 3.8) is 0 Å². The van der Waals surface area contributed by atoms with E-state index in [1.165, 1.54) is 0 Å². The van der Waals surface area contributed by atoms with Crippen LogP contribution >= 0.6 is 0 Å². The van der Waals surface area contributed by atoms with E-state index in [1.807, 2.05) is 6.92 Å². The molecule has 0 aliphatic carbocycles. The van der Waals surface area contributed by atoms with E-state index in [4.69, 9.17) is 10.5 Å². The van der Waals surface area contributed by atoms with Crippen LogP contribution in [-0.2, 0) is 11.3 Å². The molecule has 0 atom stereocenters. The molecule has 0 aromatic carbocycles. The molecule has 1 aliphatic rings. The van der Waals surface area contributed by atoms with Crippen molar-refractivity contribution < 1.29 is 4.74 Å². The highest BCUT2D eigenvalue weighted by Gasteiger charge is 2.20. The van der Waals surface area contributed by atoms with Gasteiger partial charge in [0, 0.05) is 44.2 Å². The fraction of sp³-hybridized carbons (Fsp3) is 0.667. The Morgan fingerprint density at radius 3 is 2.53 bits per heavy atom. The molecule has 5 heteroatoms. The molecule has 2 rings (SSSR count). The monoisotopic (exact) mass is 236 g/mol. The van der Waals surface area contributed by atoms with Crippen LogP contribution in [0.5, 0.6) is 0 Å². The van der Waals surface area contributed by atoms with Crippen molar-refractivity contribution in [1.29, 1.82) is 0 Å². The Morgan fingerprint density at radius 2 is 2.00 bits per heavy atom. The Morgan fingerprint density at radius 1 is 1.35 bits per heavy atom. The molecular weight excluding hydrogens is 216 g/mol. The highest BCUT2D eigenvalue weighted by Crippen LogP contribution is 2.17. The van der Waals surface area contributed by atoms with Gasteiger partial charge in [0.2, 0.25) is 5.95 Å². The Bertz CT molecular complexity index is 333. The van der Waals surface area contributed by atoms with Crippen LogP contribution in [-0.4, -0.2) is 35.8 Å². The Labute approximate surface area is 102 Å². The molecule has 1 fully saturated rings. The van der Waals surface area contributed by atoms with Crippen LogP contribution < -0.4 is 10.6 Å². The molecule has 2 heterocycles. The molecule has 5 nitrogen and oxygen atoms in total. The van der Waals surface area contributed by atoms with Gasteiger partial charge in [-0.1, -0.05) is 0 Å². The number of ether oxygens (including phenoxy) is 1. The standard InChI is InChI=1S/C12H20N4O/c1-2-17-11-3-5-16(6-4-11)12-14-8-10(7-13)9-15-12/h8-9,11H,2-7,13H2,1H3. The number of rotatable bonds is 4. The maximum absolute atomic E-state index is 5.62. The smallest absolute Gasteiger partial charge is 0.225 e. The molecule has 0 spiro atoms. The zero-order chi connectivity index (χ0) is 12.1. The van der Waals surface area contributed by atoms with Gasteiger partial charge in [0.25, 0.3) is 0 Å². The van der Waals surface area contributed by atoms with Crippen LogP contribution in [0.4, 0.5) is 5.95 Å². The largest absolute Gasteiger partial charge is 0.378 e. The summed E-state index contributed by atoms with van der Waals surface area (Å²) in [5.41, 5.74) is 6.49. The zero-order valence-corrected chi connectivity index (χ0v) is 10.3. The zero-order valence-electron chi connectivity index (χ0n) is 10.3. The van der Waals surface area contributed by atoms with E-state index in [0.29, 0.717) is 12.6 Å². The lowest BCUT2D eigenvalue weighted by atomic mass is 10.1. The minimum atomic E-state index is 0.402. The topological polar surface area (TPSA) is 64.3 Å². The van der Waals surface area contributed by atoms with Crippen molar-refractivity contribution in [3.05, 3.63) is 18.0 Å². The molecular formula is C12H20N4O. The lowest BCUT2D eigenvalue weighted by Crippen LogP contribution is -2.38. The summed E-state index contributed by atoms with van der Waals surface area (Å²) < 4.78 is 5.62. The predicted molar refractivity (Wildman–Crippen MR) is 66.8 cm³/mol. The van der Waals surface area contributed by atoms with Crippen molar-refractivity contribution in [2.45, 2.75) is 32.4 Å². The van der Waals surface area contributed by atoms with Gasteiger partial charge in [0.05, 0.1) is 6.10 Å². The number of anilines is 1. The Hall–Kier alpha value is -1.20. The van der Waals surface area contributed by atoms with Crippen molar-refractivity contribution in [2.75, 3.05) is 24.6 Å². The lowest BCUT2D eigenvalue weighted by molar-refractivity contribution is 0.0457. The third kappa shape index (κ3) is 3.14. The second kappa shape index (κ2) is 5.93. The van der Waals surface area contributed by atoms with Crippen molar-refractivity contribution in [1.82, 2.24) is 9.97 Å². The van der Waals surface area contributed by atoms with Gasteiger partial charge in [-0.3, -0.25) is 0 Å². The molecule has 0 saturated carbocycles. The van der Waals surface area contributed by atoms with E-state index in [0.717, 1.165) is 44.0 Å². The van der Waals surface area contributed by atoms with E-state index in [9.17, 15) is 0 Å². The van der Waals surface area contributed by atoms with Crippen molar-refractivity contribution in [2.24, 2.45) is 5.73 Å². The number of hydrogen-bond donors (Lipinski definition) is 1. The van der Waals surface area contributed by atoms with Gasteiger partial charge in [-0.2, -0.15) is 0 Å². The first-order chi connectivity index (χ1) is 8.33. The number of nitrogens with zero attached hydrogens (tertiary/aromatic N) is 3. The first-order valence-corrected chi connectivity index (χ1v) is 6.21. The molecule has 0 unspecified atom stereocenters. The van der Waals surface area contributed by atoms with Crippen LogP contribution in [0.15, 0.2) is 12.4 Å². The molecule has 1 aliphatic heterocycles. The van der Waals surface area contributed by atoms with Crippen LogP contribution in [0.1, 0.15) is 25.3 Å². The van der Waals surface area contributed by atoms with Gasteiger partial charge in [0.1, 0.15) is 0 Å². The molecule has 2 N–H and O–H groups in total. The van der Waals surface area contributed by atoms with Crippen LogP contribution in [0.3, 0.4) is 0 Å². The van der Waals surface area contributed by atoms with E-state index in [2.05, 4.69) is 14.9 Å². The van der Waals surface area contributed by atoms with Gasteiger partial charge in [-0.15, -0.1) is 0 Å². The SMILES string of the molecule is CCOC1CCN(c2ncc(CN)cn2)CC1. The molecule has 94 valence electrons. The van der Waals surface area contributed by atoms with Gasteiger partial charge in [-0.25, -0.2) is 9.97 Å². The van der Waals surface area contributed by atoms with Crippen LogP contribution in [0.2, 0.25) is 0 Å². The van der Waals surface area contributed by atoms with E-state index in [-0.39, 0.29) is 0 Å². The highest BCUT2D eigenvalue weighted by molar-refractivity contribution is 5.30. The normalized spacial score (nSPS) is 17.4. The summed E-state index contributed by atoms with van der Waals surface area (Å²) in [6, 6.07) is 0. The maximum atomic E-state index is 5.62. The number of nitrogens with two attached hydrogens (primary N) is 1. The summed E-state index contributed by atoms with van der Waals surface area (Å²) >= 11 is 0. The third-order valence-electron chi connectivity index (χ3n) is 3.05. The maximum Gasteiger partial charge on any atom is 0.225 e. The van der Waals surface area contributed by atoms with E-state index >= 15 is 0 Å². The van der Waals surface area contributed by atoms with Crippen molar-refractivity contribution in [3.8, 4) is 0 Å². The fourth-order valence-electron chi connectivity index (χ4n) is 2.07. The number of aromatic nitrogens is 2. The quantitative estimate of drug-likeness (QED) is 0.843. The molecule has 0 amide bonds. The number of piperidine rings is 1. The second-order valence-corrected chi connectivity index (χ2v) is 4.24. The minimum absolute atomic E-state index is 0.402. The molecule has 0 radical (unpaired) electrons. The molecule has 0 bridgehead atoms. The summed E-state index contributed by atoms with van der Waals surface area (Å²) in [6.45, 7) is 5.26. The van der Waals surface area contributed by atoms with Crippen LogP contribution in [0, 0.1) is 0 Å². The summed E-state index contributed by atoms with van der Waals surface area (Å²) in [5, 5.41) is 0. The molecule has 1 saturated heterocycles. The summed E-state index contributed by atoms with van der Waals surface area (Å²) in [4.78, 5) is 10.9. The predicted octanol–water partition coefficient (Wildman–Crippen LogP) is 0.941. The Kier molecular flexibility index (Phi) is 4.28. The summed E-state index contributed by atoms with van der Waals surface area (Å²) in [6.07, 6.45) is 6.11. The third-order valence-corrected chi connectivity index (χ3v) is 3.05. The first kappa shape index (κ1) is 12.3.